The molecule has 0 spiro atoms. The van der Waals surface area contributed by atoms with Crippen LogP contribution in [-0.4, -0.2) is 30.2 Å². The number of piperazine rings is 1. The molecule has 1 saturated heterocycles. The Bertz CT molecular complexity index is 342. The lowest BCUT2D eigenvalue weighted by molar-refractivity contribution is 0.402. The third-order valence-corrected chi connectivity index (χ3v) is 3.27. The molecule has 1 fully saturated rings. The van der Waals surface area contributed by atoms with Crippen LogP contribution in [0.5, 0.6) is 0 Å². The van der Waals surface area contributed by atoms with Crippen LogP contribution in [0.4, 0.5) is 5.82 Å². The van der Waals surface area contributed by atoms with Crippen LogP contribution in [0.15, 0.2) is 18.3 Å². The van der Waals surface area contributed by atoms with Crippen molar-refractivity contribution >= 4 is 17.4 Å². The van der Waals surface area contributed by atoms with E-state index in [0.29, 0.717) is 12.1 Å². The first-order chi connectivity index (χ1) is 7.18. The van der Waals surface area contributed by atoms with Crippen LogP contribution in [-0.2, 0) is 0 Å². The van der Waals surface area contributed by atoms with Gasteiger partial charge in [0.25, 0.3) is 0 Å². The zero-order chi connectivity index (χ0) is 10.8. The number of hydrogen-bond donors (Lipinski definition) is 1. The Hall–Kier alpha value is -0.800. The van der Waals surface area contributed by atoms with Crippen molar-refractivity contribution in [3.05, 3.63) is 23.4 Å². The third kappa shape index (κ3) is 2.24. The van der Waals surface area contributed by atoms with Gasteiger partial charge in [-0.25, -0.2) is 4.98 Å². The van der Waals surface area contributed by atoms with Crippen molar-refractivity contribution < 1.29 is 0 Å². The number of halogens is 1. The van der Waals surface area contributed by atoms with Crippen LogP contribution >= 0.6 is 11.6 Å². The van der Waals surface area contributed by atoms with E-state index in [1.165, 1.54) is 0 Å². The molecule has 2 rings (SSSR count). The highest BCUT2D eigenvalue weighted by molar-refractivity contribution is 6.30. The summed E-state index contributed by atoms with van der Waals surface area (Å²) < 4.78 is 0. The fourth-order valence-electron chi connectivity index (χ4n) is 1.93. The van der Waals surface area contributed by atoms with Gasteiger partial charge in [-0.3, -0.25) is 0 Å². The second-order valence-electron chi connectivity index (χ2n) is 4.01. The maximum atomic E-state index is 5.97. The molecule has 2 heterocycles. The second-order valence-corrected chi connectivity index (χ2v) is 4.45. The van der Waals surface area contributed by atoms with Gasteiger partial charge >= 0.3 is 0 Å². The Morgan fingerprint density at radius 1 is 1.53 bits per heavy atom. The van der Waals surface area contributed by atoms with Crippen molar-refractivity contribution in [1.82, 2.24) is 10.3 Å². The highest BCUT2D eigenvalue weighted by Crippen LogP contribution is 2.20. The Morgan fingerprint density at radius 2 is 2.33 bits per heavy atom. The van der Waals surface area contributed by atoms with Crippen molar-refractivity contribution in [3.63, 3.8) is 0 Å². The zero-order valence-electron chi connectivity index (χ0n) is 9.07. The van der Waals surface area contributed by atoms with Crippen molar-refractivity contribution in [2.45, 2.75) is 25.9 Å². The minimum absolute atomic E-state index is 0.449. The molecule has 2 atom stereocenters. The van der Waals surface area contributed by atoms with E-state index in [4.69, 9.17) is 11.6 Å². The largest absolute Gasteiger partial charge is 0.351 e. The van der Waals surface area contributed by atoms with Gasteiger partial charge < -0.3 is 10.2 Å². The van der Waals surface area contributed by atoms with Crippen LogP contribution in [0.2, 0.25) is 5.02 Å². The molecule has 0 aromatic carbocycles. The predicted octanol–water partition coefficient (Wildman–Crippen LogP) is 1.92. The number of hydrogen-bond acceptors (Lipinski definition) is 3. The molecule has 1 N–H and O–H groups in total. The first-order valence-corrected chi connectivity index (χ1v) is 5.68. The van der Waals surface area contributed by atoms with Gasteiger partial charge in [0.15, 0.2) is 0 Å². The summed E-state index contributed by atoms with van der Waals surface area (Å²) in [6, 6.07) is 4.67. The molecule has 4 heteroatoms. The normalized spacial score (nSPS) is 26.7. The van der Waals surface area contributed by atoms with Crippen LogP contribution < -0.4 is 10.2 Å². The fourth-order valence-corrected chi connectivity index (χ4v) is 2.08. The van der Waals surface area contributed by atoms with Crippen LogP contribution in [0, 0.1) is 0 Å². The first-order valence-electron chi connectivity index (χ1n) is 5.30. The summed E-state index contributed by atoms with van der Waals surface area (Å²) in [5, 5.41) is 4.19. The van der Waals surface area contributed by atoms with Gasteiger partial charge in [-0.15, -0.1) is 0 Å². The van der Waals surface area contributed by atoms with Gasteiger partial charge in [-0.2, -0.15) is 0 Å². The lowest BCUT2D eigenvalue weighted by Crippen LogP contribution is -2.55. The van der Waals surface area contributed by atoms with Crippen LogP contribution in [0.1, 0.15) is 13.8 Å². The molecular weight excluding hydrogens is 210 g/mol. The molecule has 0 unspecified atom stereocenters. The van der Waals surface area contributed by atoms with Gasteiger partial charge in [0.1, 0.15) is 5.82 Å². The average Bonchev–Trinajstić information content (AvgIpc) is 2.22. The zero-order valence-corrected chi connectivity index (χ0v) is 9.83. The monoisotopic (exact) mass is 225 g/mol. The Kier molecular flexibility index (Phi) is 3.12. The maximum Gasteiger partial charge on any atom is 0.130 e. The minimum atomic E-state index is 0.449. The SMILES string of the molecule is C[C@@H]1NCCN(c2cc(Cl)ccn2)[C@H]1C. The highest BCUT2D eigenvalue weighted by atomic mass is 35.5. The molecule has 0 saturated carbocycles. The molecule has 0 aliphatic carbocycles. The van der Waals surface area contributed by atoms with Crippen molar-refractivity contribution in [1.29, 1.82) is 0 Å². The van der Waals surface area contributed by atoms with Crippen molar-refractivity contribution in [2.75, 3.05) is 18.0 Å². The fraction of sp³-hybridized carbons (Fsp3) is 0.545. The molecule has 1 aliphatic heterocycles. The summed E-state index contributed by atoms with van der Waals surface area (Å²) in [4.78, 5) is 6.66. The summed E-state index contributed by atoms with van der Waals surface area (Å²) >= 11 is 5.97. The lowest BCUT2D eigenvalue weighted by Gasteiger charge is -2.39. The number of anilines is 1. The van der Waals surface area contributed by atoms with Gasteiger partial charge in [-0.1, -0.05) is 11.6 Å². The van der Waals surface area contributed by atoms with E-state index in [1.54, 1.807) is 12.3 Å². The van der Waals surface area contributed by atoms with Crippen molar-refractivity contribution in [2.24, 2.45) is 0 Å². The van der Waals surface area contributed by atoms with E-state index >= 15 is 0 Å². The van der Waals surface area contributed by atoms with Crippen LogP contribution in [0.25, 0.3) is 0 Å². The summed E-state index contributed by atoms with van der Waals surface area (Å²) in [6.45, 7) is 6.39. The number of rotatable bonds is 1. The van der Waals surface area contributed by atoms with E-state index in [9.17, 15) is 0 Å². The van der Waals surface area contributed by atoms with E-state index in [1.807, 2.05) is 6.07 Å². The molecule has 0 bridgehead atoms. The molecule has 0 amide bonds. The number of nitrogens with zero attached hydrogens (tertiary/aromatic N) is 2. The highest BCUT2D eigenvalue weighted by Gasteiger charge is 2.24. The maximum absolute atomic E-state index is 5.97. The van der Waals surface area contributed by atoms with Crippen LogP contribution in [0.3, 0.4) is 0 Å². The van der Waals surface area contributed by atoms with Crippen molar-refractivity contribution in [3.8, 4) is 0 Å². The first kappa shape index (κ1) is 10.7. The molecule has 1 aliphatic rings. The van der Waals surface area contributed by atoms with E-state index in [0.717, 1.165) is 23.9 Å². The molecule has 1 aromatic heterocycles. The lowest BCUT2D eigenvalue weighted by atomic mass is 10.1. The summed E-state index contributed by atoms with van der Waals surface area (Å²) in [7, 11) is 0. The third-order valence-electron chi connectivity index (χ3n) is 3.04. The summed E-state index contributed by atoms with van der Waals surface area (Å²) in [6.07, 6.45) is 1.76. The van der Waals surface area contributed by atoms with E-state index in [2.05, 4.69) is 29.0 Å². The summed E-state index contributed by atoms with van der Waals surface area (Å²) in [5.74, 6) is 0.975. The summed E-state index contributed by atoms with van der Waals surface area (Å²) in [5.41, 5.74) is 0. The Morgan fingerprint density at radius 3 is 3.07 bits per heavy atom. The molecule has 0 radical (unpaired) electrons. The predicted molar refractivity (Wildman–Crippen MR) is 63.5 cm³/mol. The van der Waals surface area contributed by atoms with Gasteiger partial charge in [-0.05, 0) is 26.0 Å². The second kappa shape index (κ2) is 4.37. The standard InChI is InChI=1S/C11H16ClN3/c1-8-9(2)15(6-5-13-8)11-7-10(12)3-4-14-11/h3-4,7-9,13H,5-6H2,1-2H3/t8-,9-/m0/s1. The van der Waals surface area contributed by atoms with Gasteiger partial charge in [0, 0.05) is 36.4 Å². The Balaban J connectivity index is 2.22. The Labute approximate surface area is 95.4 Å². The number of pyridine rings is 1. The topological polar surface area (TPSA) is 28.2 Å². The van der Waals surface area contributed by atoms with E-state index in [-0.39, 0.29) is 0 Å². The molecular formula is C11H16ClN3. The van der Waals surface area contributed by atoms with Gasteiger partial charge in [0.05, 0.1) is 0 Å². The minimum Gasteiger partial charge on any atom is -0.351 e. The average molecular weight is 226 g/mol. The molecule has 1 aromatic rings. The molecule has 15 heavy (non-hydrogen) atoms. The molecule has 3 nitrogen and oxygen atoms in total. The molecule has 82 valence electrons. The quantitative estimate of drug-likeness (QED) is 0.792. The number of nitrogens with one attached hydrogen (secondary N) is 1. The van der Waals surface area contributed by atoms with Gasteiger partial charge in [0.2, 0.25) is 0 Å². The van der Waals surface area contributed by atoms with E-state index < -0.39 is 0 Å². The smallest absolute Gasteiger partial charge is 0.130 e. The number of aromatic nitrogens is 1.